The van der Waals surface area contributed by atoms with Crippen LogP contribution in [0.3, 0.4) is 0 Å². The van der Waals surface area contributed by atoms with Gasteiger partial charge in [0.25, 0.3) is 5.91 Å². The number of fused-ring (bicyclic) bond motifs is 1. The van der Waals surface area contributed by atoms with E-state index in [1.165, 1.54) is 0 Å². The van der Waals surface area contributed by atoms with E-state index < -0.39 is 5.91 Å². The normalized spacial score (nSPS) is 11.2. The number of phenols is 1. The van der Waals surface area contributed by atoms with Crippen molar-refractivity contribution in [2.45, 2.75) is 6.92 Å². The van der Waals surface area contributed by atoms with Gasteiger partial charge in [0.15, 0.2) is 5.75 Å². The van der Waals surface area contributed by atoms with Crippen molar-refractivity contribution in [1.82, 2.24) is 0 Å². The molecule has 0 aliphatic rings. The number of azo groups is 1. The van der Waals surface area contributed by atoms with Crippen LogP contribution in [-0.4, -0.2) is 11.0 Å². The maximum Gasteiger partial charge on any atom is 0.259 e. The second-order valence-electron chi connectivity index (χ2n) is 7.05. The van der Waals surface area contributed by atoms with E-state index in [1.807, 2.05) is 31.2 Å². The molecule has 0 aliphatic carbocycles. The average molecular weight is 431 g/mol. The fourth-order valence-corrected chi connectivity index (χ4v) is 3.42. The highest BCUT2D eigenvalue weighted by Gasteiger charge is 2.19. The number of nitrogens with zero attached hydrogens (tertiary/aromatic N) is 2. The average Bonchev–Trinajstić information content (AvgIpc) is 2.76. The first kappa shape index (κ1) is 20.4. The van der Waals surface area contributed by atoms with Crippen molar-refractivity contribution in [3.05, 3.63) is 88.9 Å². The molecule has 0 saturated heterocycles. The minimum atomic E-state index is -0.461. The molecule has 0 unspecified atom stereocenters. The molecule has 0 spiro atoms. The number of aryl methyl sites for hydroxylation is 1. The van der Waals surface area contributed by atoms with Crippen molar-refractivity contribution in [1.29, 1.82) is 0 Å². The second-order valence-corrected chi connectivity index (χ2v) is 7.48. The Labute approximate surface area is 184 Å². The number of benzene rings is 4. The molecule has 0 bridgehead atoms. The maximum atomic E-state index is 13.0. The third-order valence-corrected chi connectivity index (χ3v) is 5.07. The van der Waals surface area contributed by atoms with Crippen LogP contribution in [0.25, 0.3) is 10.8 Å². The Kier molecular flexibility index (Phi) is 5.56. The molecule has 7 heteroatoms. The zero-order chi connectivity index (χ0) is 22.0. The van der Waals surface area contributed by atoms with Crippen LogP contribution in [0, 0.1) is 6.92 Å². The molecule has 1 amide bonds. The monoisotopic (exact) mass is 430 g/mol. The molecule has 154 valence electrons. The van der Waals surface area contributed by atoms with Gasteiger partial charge in [-0.2, -0.15) is 5.11 Å². The summed E-state index contributed by atoms with van der Waals surface area (Å²) in [5.41, 5.74) is 8.62. The molecule has 0 radical (unpaired) electrons. The summed E-state index contributed by atoms with van der Waals surface area (Å²) in [5, 5.41) is 24.2. The maximum absolute atomic E-state index is 13.0. The lowest BCUT2D eigenvalue weighted by atomic mass is 10.0. The first-order valence-electron chi connectivity index (χ1n) is 9.52. The van der Waals surface area contributed by atoms with Crippen LogP contribution < -0.4 is 11.1 Å². The van der Waals surface area contributed by atoms with E-state index in [1.54, 1.807) is 48.5 Å². The summed E-state index contributed by atoms with van der Waals surface area (Å²) in [4.78, 5) is 13.0. The quantitative estimate of drug-likeness (QED) is 0.246. The van der Waals surface area contributed by atoms with E-state index in [4.69, 9.17) is 17.3 Å². The Hall–Kier alpha value is -3.90. The summed E-state index contributed by atoms with van der Waals surface area (Å²) in [6.07, 6.45) is 0. The predicted molar refractivity (Wildman–Crippen MR) is 125 cm³/mol. The summed E-state index contributed by atoms with van der Waals surface area (Å²) in [6, 6.07) is 21.0. The van der Waals surface area contributed by atoms with Crippen LogP contribution >= 0.6 is 11.6 Å². The second kappa shape index (κ2) is 8.45. The molecule has 4 rings (SSSR count). The highest BCUT2D eigenvalue weighted by molar-refractivity contribution is 6.30. The predicted octanol–water partition coefficient (Wildman–Crippen LogP) is 6.76. The molecular weight excluding hydrogens is 412 g/mol. The molecule has 6 nitrogen and oxygen atoms in total. The highest BCUT2D eigenvalue weighted by Crippen LogP contribution is 2.39. The van der Waals surface area contributed by atoms with E-state index in [-0.39, 0.29) is 17.0 Å². The fourth-order valence-electron chi connectivity index (χ4n) is 3.20. The number of aromatic hydroxyl groups is 1. The topological polar surface area (TPSA) is 100 Å². The third kappa shape index (κ3) is 4.34. The molecule has 0 aromatic heterocycles. The molecular formula is C24H19ClN4O2. The minimum Gasteiger partial charge on any atom is -0.505 e. The fraction of sp³-hybridized carbons (Fsp3) is 0.0417. The number of carbonyl (C=O) groups is 1. The standard InChI is InChI=1S/C24H19ClN4O2/c1-14-12-16(25)6-11-21(14)27-24(31)20-13-15-4-2-3-5-19(15)22(23(20)30)29-28-18-9-7-17(26)8-10-18/h2-13,30H,26H2,1H3,(H,27,31). The Morgan fingerprint density at radius 3 is 2.48 bits per heavy atom. The van der Waals surface area contributed by atoms with Gasteiger partial charge < -0.3 is 16.2 Å². The first-order chi connectivity index (χ1) is 14.9. The Balaban J connectivity index is 1.76. The number of halogens is 1. The van der Waals surface area contributed by atoms with Crippen molar-refractivity contribution in [3.8, 4) is 5.75 Å². The smallest absolute Gasteiger partial charge is 0.259 e. The molecule has 4 aromatic carbocycles. The summed E-state index contributed by atoms with van der Waals surface area (Å²) in [7, 11) is 0. The third-order valence-electron chi connectivity index (χ3n) is 4.84. The highest BCUT2D eigenvalue weighted by atomic mass is 35.5. The summed E-state index contributed by atoms with van der Waals surface area (Å²) >= 11 is 5.99. The zero-order valence-corrected chi connectivity index (χ0v) is 17.4. The number of carbonyl (C=O) groups excluding carboxylic acids is 1. The van der Waals surface area contributed by atoms with Crippen molar-refractivity contribution in [2.24, 2.45) is 10.2 Å². The van der Waals surface area contributed by atoms with Gasteiger partial charge in [-0.05, 0) is 66.4 Å². The number of phenolic OH excluding ortho intramolecular Hbond substituents is 1. The molecule has 0 aliphatic heterocycles. The number of amides is 1. The van der Waals surface area contributed by atoms with Crippen molar-refractivity contribution >= 4 is 51.0 Å². The number of rotatable bonds is 4. The number of hydrogen-bond acceptors (Lipinski definition) is 5. The number of nitrogens with one attached hydrogen (secondary N) is 1. The number of nitrogens with two attached hydrogens (primary N) is 1. The van der Waals surface area contributed by atoms with Crippen LogP contribution in [-0.2, 0) is 0 Å². The van der Waals surface area contributed by atoms with Crippen LogP contribution in [0.15, 0.2) is 83.0 Å². The minimum absolute atomic E-state index is 0.0966. The molecule has 0 saturated carbocycles. The van der Waals surface area contributed by atoms with Gasteiger partial charge in [0.1, 0.15) is 5.69 Å². The molecule has 0 heterocycles. The lowest BCUT2D eigenvalue weighted by molar-refractivity contribution is 0.102. The molecule has 4 aromatic rings. The Morgan fingerprint density at radius 2 is 1.74 bits per heavy atom. The molecule has 0 fully saturated rings. The van der Waals surface area contributed by atoms with Gasteiger partial charge in [-0.25, -0.2) is 0 Å². The molecule has 4 N–H and O–H groups in total. The van der Waals surface area contributed by atoms with Gasteiger partial charge in [-0.15, -0.1) is 5.11 Å². The largest absolute Gasteiger partial charge is 0.505 e. The van der Waals surface area contributed by atoms with Crippen LogP contribution in [0.2, 0.25) is 5.02 Å². The van der Waals surface area contributed by atoms with Gasteiger partial charge in [-0.1, -0.05) is 35.9 Å². The summed E-state index contributed by atoms with van der Waals surface area (Å²) < 4.78 is 0. The van der Waals surface area contributed by atoms with Gasteiger partial charge >= 0.3 is 0 Å². The lowest BCUT2D eigenvalue weighted by Gasteiger charge is -2.12. The van der Waals surface area contributed by atoms with Gasteiger partial charge in [0.2, 0.25) is 0 Å². The number of hydrogen-bond donors (Lipinski definition) is 3. The van der Waals surface area contributed by atoms with Crippen LogP contribution in [0.4, 0.5) is 22.7 Å². The SMILES string of the molecule is Cc1cc(Cl)ccc1NC(=O)c1cc2ccccc2c(N=Nc2ccc(N)cc2)c1O. The molecule has 0 atom stereocenters. The summed E-state index contributed by atoms with van der Waals surface area (Å²) in [6.45, 7) is 1.84. The first-order valence-corrected chi connectivity index (χ1v) is 9.89. The van der Waals surface area contributed by atoms with Crippen molar-refractivity contribution in [2.75, 3.05) is 11.1 Å². The Bertz CT molecular complexity index is 1320. The summed E-state index contributed by atoms with van der Waals surface area (Å²) in [5.74, 6) is -0.709. The zero-order valence-electron chi connectivity index (χ0n) is 16.6. The van der Waals surface area contributed by atoms with E-state index in [0.29, 0.717) is 27.5 Å². The number of nitrogen functional groups attached to an aromatic ring is 1. The van der Waals surface area contributed by atoms with Gasteiger partial charge in [0.05, 0.1) is 11.3 Å². The lowest BCUT2D eigenvalue weighted by Crippen LogP contribution is -2.13. The van der Waals surface area contributed by atoms with Crippen LogP contribution in [0.5, 0.6) is 5.75 Å². The van der Waals surface area contributed by atoms with E-state index in [2.05, 4.69) is 15.5 Å². The van der Waals surface area contributed by atoms with E-state index in [9.17, 15) is 9.90 Å². The van der Waals surface area contributed by atoms with Crippen molar-refractivity contribution < 1.29 is 9.90 Å². The van der Waals surface area contributed by atoms with Crippen molar-refractivity contribution in [3.63, 3.8) is 0 Å². The van der Waals surface area contributed by atoms with Crippen LogP contribution in [0.1, 0.15) is 15.9 Å². The molecule has 31 heavy (non-hydrogen) atoms. The van der Waals surface area contributed by atoms with Gasteiger partial charge in [0, 0.05) is 21.8 Å². The Morgan fingerprint density at radius 1 is 1.00 bits per heavy atom. The number of anilines is 2. The van der Waals surface area contributed by atoms with E-state index in [0.717, 1.165) is 10.9 Å². The van der Waals surface area contributed by atoms with Gasteiger partial charge in [-0.3, -0.25) is 4.79 Å². The van der Waals surface area contributed by atoms with E-state index >= 15 is 0 Å².